The third-order valence-electron chi connectivity index (χ3n) is 4.41. The summed E-state index contributed by atoms with van der Waals surface area (Å²) in [5.41, 5.74) is -5.48. The van der Waals surface area contributed by atoms with Crippen molar-refractivity contribution in [3.8, 4) is 5.75 Å². The van der Waals surface area contributed by atoms with E-state index in [9.17, 15) is 21.6 Å². The number of alkyl halides is 3. The van der Waals surface area contributed by atoms with E-state index in [-0.39, 0.29) is 10.5 Å². The molecule has 12 heteroatoms. The normalized spacial score (nSPS) is 27.6. The zero-order valence-electron chi connectivity index (χ0n) is 13.0. The summed E-state index contributed by atoms with van der Waals surface area (Å²) < 4.78 is 77.2. The number of para-hydroxylation sites is 1. The molecule has 0 radical (unpaired) electrons. The van der Waals surface area contributed by atoms with Gasteiger partial charge in [-0.15, -0.1) is 0 Å². The van der Waals surface area contributed by atoms with E-state index in [0.717, 1.165) is 17.7 Å². The van der Waals surface area contributed by atoms with Crippen molar-refractivity contribution in [1.82, 2.24) is 0 Å². The molecule has 0 unspecified atom stereocenters. The molecule has 6 nitrogen and oxygen atoms in total. The Morgan fingerprint density at radius 1 is 1.16 bits per heavy atom. The minimum Gasteiger partial charge on any atom is -0.509 e. The lowest BCUT2D eigenvalue weighted by Crippen LogP contribution is -3.28. The topological polar surface area (TPSA) is 66.3 Å². The molecule has 2 heterocycles. The van der Waals surface area contributed by atoms with Crippen LogP contribution < -0.4 is 14.5 Å². The van der Waals surface area contributed by atoms with Gasteiger partial charge < -0.3 is 18.3 Å². The first-order valence-corrected chi connectivity index (χ1v) is 9.53. The van der Waals surface area contributed by atoms with E-state index in [2.05, 4.69) is 4.18 Å². The maximum absolute atomic E-state index is 12.7. The van der Waals surface area contributed by atoms with Gasteiger partial charge in [0, 0.05) is 39.1 Å². The Morgan fingerprint density at radius 3 is 2.32 bits per heavy atom. The van der Waals surface area contributed by atoms with Crippen LogP contribution in [0, 0.1) is 0 Å². The monoisotopic (exact) mass is 401 g/mol. The molecule has 2 aliphatic rings. The fraction of sp³-hybridized carbons (Fsp3) is 0.538. The van der Waals surface area contributed by atoms with Crippen LogP contribution in [0.15, 0.2) is 18.2 Å². The van der Waals surface area contributed by atoms with Crippen LogP contribution in [0.2, 0.25) is 5.02 Å². The van der Waals surface area contributed by atoms with Gasteiger partial charge in [0.2, 0.25) is 0 Å². The Kier molecular flexibility index (Phi) is 4.97. The highest BCUT2D eigenvalue weighted by Crippen LogP contribution is 2.31. The number of quaternary nitrogens is 1. The summed E-state index contributed by atoms with van der Waals surface area (Å²) in [5, 5.41) is -0.260. The maximum Gasteiger partial charge on any atom is 0.534 e. The van der Waals surface area contributed by atoms with Crippen LogP contribution in [-0.2, 0) is 19.4 Å². The second kappa shape index (κ2) is 6.62. The molecule has 1 aromatic carbocycles. The lowest BCUT2D eigenvalue weighted by Gasteiger charge is -2.52. The van der Waals surface area contributed by atoms with E-state index in [0.29, 0.717) is 26.3 Å². The molecule has 0 aromatic heterocycles. The zero-order valence-corrected chi connectivity index (χ0v) is 14.6. The molecule has 2 saturated heterocycles. The van der Waals surface area contributed by atoms with E-state index in [1.54, 1.807) is 0 Å². The van der Waals surface area contributed by atoms with Crippen LogP contribution in [-0.4, -0.2) is 46.9 Å². The van der Waals surface area contributed by atoms with Gasteiger partial charge in [0.15, 0.2) is 0 Å². The van der Waals surface area contributed by atoms with Gasteiger partial charge in [0.25, 0.3) is 0 Å². The minimum atomic E-state index is -5.87. The summed E-state index contributed by atoms with van der Waals surface area (Å²) in [5.74, 6) is -0.595. The third kappa shape index (κ3) is 3.35. The first-order chi connectivity index (χ1) is 11.7. The Bertz CT molecular complexity index is 749. The van der Waals surface area contributed by atoms with E-state index in [1.807, 2.05) is 0 Å². The Morgan fingerprint density at radius 2 is 1.76 bits per heavy atom. The Hall–Kier alpha value is -1.01. The molecule has 0 atom stereocenters. The van der Waals surface area contributed by atoms with Gasteiger partial charge in [-0.05, 0) is 11.5 Å². The largest absolute Gasteiger partial charge is 0.534 e. The van der Waals surface area contributed by atoms with Crippen LogP contribution in [0.25, 0.3) is 0 Å². The van der Waals surface area contributed by atoms with Crippen LogP contribution in [0.1, 0.15) is 12.8 Å². The summed E-state index contributed by atoms with van der Waals surface area (Å²) in [6.45, 7) is -0.161. The lowest BCUT2D eigenvalue weighted by atomic mass is 9.59. The van der Waals surface area contributed by atoms with Gasteiger partial charge in [-0.3, -0.25) is 0 Å². The highest BCUT2D eigenvalue weighted by Gasteiger charge is 2.52. The quantitative estimate of drug-likeness (QED) is 0.452. The summed E-state index contributed by atoms with van der Waals surface area (Å²) in [4.78, 5) is 0.897. The molecule has 2 fully saturated rings. The molecule has 0 aliphatic carbocycles. The van der Waals surface area contributed by atoms with Crippen LogP contribution in [0.3, 0.4) is 0 Å². The Balaban J connectivity index is 2.10. The predicted octanol–water partition coefficient (Wildman–Crippen LogP) is 0.440. The van der Waals surface area contributed by atoms with Crippen molar-refractivity contribution < 1.29 is 39.9 Å². The van der Waals surface area contributed by atoms with Gasteiger partial charge in [0.05, 0.1) is 5.02 Å². The summed E-state index contributed by atoms with van der Waals surface area (Å²) in [6, 6.07) is 4.18. The molecule has 140 valence electrons. The molecule has 1 N–H and O–H groups in total. The standard InChI is InChI=1S/C13H16BClF3NO5S/c15-11-5-1-4-10(12(11)24-25(20,21)13(16,17)18)14-19(6-2-8-22-14)7-3-9-23-14/h1,4-5,19H,2-3,6-9H2. The van der Waals surface area contributed by atoms with Gasteiger partial charge in [-0.2, -0.15) is 21.6 Å². The second-order valence-corrected chi connectivity index (χ2v) is 7.91. The Labute approximate surface area is 147 Å². The number of benzene rings is 1. The average molecular weight is 402 g/mol. The van der Waals surface area contributed by atoms with Crippen LogP contribution in [0.4, 0.5) is 13.2 Å². The molecule has 0 saturated carbocycles. The first-order valence-electron chi connectivity index (χ1n) is 7.74. The summed E-state index contributed by atoms with van der Waals surface area (Å²) >= 11 is 5.97. The van der Waals surface area contributed by atoms with Crippen molar-refractivity contribution in [1.29, 1.82) is 0 Å². The fourth-order valence-corrected chi connectivity index (χ4v) is 4.12. The minimum absolute atomic E-state index is 0.0923. The van der Waals surface area contributed by atoms with Crippen molar-refractivity contribution in [2.45, 2.75) is 18.3 Å². The smallest absolute Gasteiger partial charge is 0.509 e. The summed E-state index contributed by atoms with van der Waals surface area (Å²) in [6.07, 6.45) is 1.53. The van der Waals surface area contributed by atoms with Crippen LogP contribution >= 0.6 is 11.6 Å². The van der Waals surface area contributed by atoms with Gasteiger partial charge in [0.1, 0.15) is 5.75 Å². The highest BCUT2D eigenvalue weighted by atomic mass is 35.5. The van der Waals surface area contributed by atoms with E-state index in [4.69, 9.17) is 20.9 Å². The molecule has 0 amide bonds. The SMILES string of the molecule is O=S(=O)(Oc1c(Cl)cccc1[B-]12OCCC[NH+]1CCCO2)C(F)(F)F. The predicted molar refractivity (Wildman–Crippen MR) is 84.3 cm³/mol. The molecular weight excluding hydrogens is 385 g/mol. The van der Waals surface area contributed by atoms with Crippen molar-refractivity contribution in [3.63, 3.8) is 0 Å². The molecule has 2 aliphatic heterocycles. The summed E-state index contributed by atoms with van der Waals surface area (Å²) in [7, 11) is -5.87. The number of fused-ring (bicyclic) bond motifs is 1. The number of nitrogens with one attached hydrogen (secondary N) is 1. The number of hydrogen-bond acceptors (Lipinski definition) is 5. The molecule has 1 aromatic rings. The number of halogens is 4. The molecular formula is C13H16BClF3NO5S. The van der Waals surface area contributed by atoms with Crippen molar-refractivity contribution in [2.75, 3.05) is 26.3 Å². The first kappa shape index (κ1) is 18.8. The van der Waals surface area contributed by atoms with Crippen LogP contribution in [0.5, 0.6) is 5.75 Å². The fourth-order valence-electron chi connectivity index (χ4n) is 3.36. The zero-order chi connectivity index (χ0) is 18.3. The van der Waals surface area contributed by atoms with E-state index >= 15 is 0 Å². The third-order valence-corrected chi connectivity index (χ3v) is 5.66. The van der Waals surface area contributed by atoms with Gasteiger partial charge in [-0.25, -0.2) is 0 Å². The molecule has 25 heavy (non-hydrogen) atoms. The lowest BCUT2D eigenvalue weighted by molar-refractivity contribution is -0.825. The molecule has 3 rings (SSSR count). The van der Waals surface area contributed by atoms with Gasteiger partial charge >= 0.3 is 22.3 Å². The molecule has 0 spiro atoms. The van der Waals surface area contributed by atoms with Crippen molar-refractivity contribution in [3.05, 3.63) is 23.2 Å². The van der Waals surface area contributed by atoms with E-state index < -0.39 is 28.1 Å². The highest BCUT2D eigenvalue weighted by molar-refractivity contribution is 7.88. The average Bonchev–Trinajstić information content (AvgIpc) is 2.55. The maximum atomic E-state index is 12.7. The molecule has 0 bridgehead atoms. The second-order valence-electron chi connectivity index (χ2n) is 5.96. The number of hydrogen-bond donors (Lipinski definition) is 1. The van der Waals surface area contributed by atoms with E-state index in [1.165, 1.54) is 18.2 Å². The van der Waals surface area contributed by atoms with Gasteiger partial charge in [-0.1, -0.05) is 23.7 Å². The number of rotatable bonds is 3. The van der Waals surface area contributed by atoms with Crippen molar-refractivity contribution in [2.24, 2.45) is 0 Å². The van der Waals surface area contributed by atoms with Crippen molar-refractivity contribution >= 4 is 33.9 Å².